The SMILES string of the molecule is COc1cc(CCN(C)CCO)c(OC)cc1C. The summed E-state index contributed by atoms with van der Waals surface area (Å²) in [6.45, 7) is 3.75. The minimum absolute atomic E-state index is 0.185. The number of hydrogen-bond acceptors (Lipinski definition) is 4. The van der Waals surface area contributed by atoms with E-state index in [2.05, 4.69) is 4.90 Å². The molecule has 18 heavy (non-hydrogen) atoms. The molecule has 0 aliphatic heterocycles. The van der Waals surface area contributed by atoms with Gasteiger partial charge in [-0.2, -0.15) is 0 Å². The largest absolute Gasteiger partial charge is 0.496 e. The minimum atomic E-state index is 0.185. The Labute approximate surface area is 109 Å². The Hall–Kier alpha value is -1.26. The first-order chi connectivity index (χ1) is 8.62. The molecule has 0 spiro atoms. The second kappa shape index (κ2) is 7.24. The average Bonchev–Trinajstić information content (AvgIpc) is 2.37. The van der Waals surface area contributed by atoms with Crippen LogP contribution in [0.25, 0.3) is 0 Å². The number of benzene rings is 1. The first-order valence-electron chi connectivity index (χ1n) is 6.13. The predicted octanol–water partition coefficient (Wildman–Crippen LogP) is 1.48. The first kappa shape index (κ1) is 14.8. The fourth-order valence-corrected chi connectivity index (χ4v) is 1.90. The summed E-state index contributed by atoms with van der Waals surface area (Å²) in [6, 6.07) is 4.03. The molecule has 4 heteroatoms. The fourth-order valence-electron chi connectivity index (χ4n) is 1.90. The topological polar surface area (TPSA) is 41.9 Å². The van der Waals surface area contributed by atoms with Crippen molar-refractivity contribution >= 4 is 0 Å². The number of aryl methyl sites for hydroxylation is 1. The van der Waals surface area contributed by atoms with Crippen molar-refractivity contribution in [2.75, 3.05) is 41.0 Å². The predicted molar refractivity (Wildman–Crippen MR) is 72.6 cm³/mol. The van der Waals surface area contributed by atoms with E-state index in [-0.39, 0.29) is 6.61 Å². The van der Waals surface area contributed by atoms with Crippen molar-refractivity contribution in [2.24, 2.45) is 0 Å². The highest BCUT2D eigenvalue weighted by Gasteiger charge is 2.09. The standard InChI is InChI=1S/C14H23NO3/c1-11-9-14(18-4)12(10-13(11)17-3)5-6-15(2)7-8-16/h9-10,16H,5-8H2,1-4H3. The normalized spacial score (nSPS) is 10.8. The highest BCUT2D eigenvalue weighted by Crippen LogP contribution is 2.28. The van der Waals surface area contributed by atoms with E-state index < -0.39 is 0 Å². The van der Waals surface area contributed by atoms with Crippen LogP contribution in [-0.2, 0) is 6.42 Å². The lowest BCUT2D eigenvalue weighted by atomic mass is 10.1. The highest BCUT2D eigenvalue weighted by atomic mass is 16.5. The minimum Gasteiger partial charge on any atom is -0.496 e. The van der Waals surface area contributed by atoms with Crippen molar-refractivity contribution in [3.63, 3.8) is 0 Å². The van der Waals surface area contributed by atoms with Crippen molar-refractivity contribution in [3.8, 4) is 11.5 Å². The van der Waals surface area contributed by atoms with Crippen molar-refractivity contribution in [3.05, 3.63) is 23.3 Å². The van der Waals surface area contributed by atoms with Gasteiger partial charge in [-0.25, -0.2) is 0 Å². The number of methoxy groups -OCH3 is 2. The van der Waals surface area contributed by atoms with Crippen LogP contribution in [-0.4, -0.2) is 51.0 Å². The molecule has 4 nitrogen and oxygen atoms in total. The van der Waals surface area contributed by atoms with Gasteiger partial charge in [-0.3, -0.25) is 0 Å². The monoisotopic (exact) mass is 253 g/mol. The molecule has 0 aliphatic carbocycles. The third kappa shape index (κ3) is 3.89. The Morgan fingerprint density at radius 2 is 1.78 bits per heavy atom. The van der Waals surface area contributed by atoms with Crippen molar-refractivity contribution in [1.82, 2.24) is 4.90 Å². The molecule has 0 aliphatic rings. The van der Waals surface area contributed by atoms with Gasteiger partial charge in [-0.1, -0.05) is 0 Å². The number of likely N-dealkylation sites (N-methyl/N-ethyl adjacent to an activating group) is 1. The molecule has 0 saturated carbocycles. The molecule has 1 N–H and O–H groups in total. The maximum atomic E-state index is 8.87. The van der Waals surface area contributed by atoms with Crippen LogP contribution in [0.5, 0.6) is 11.5 Å². The van der Waals surface area contributed by atoms with Crippen molar-refractivity contribution in [1.29, 1.82) is 0 Å². The Balaban J connectivity index is 2.79. The van der Waals surface area contributed by atoms with Gasteiger partial charge >= 0.3 is 0 Å². The molecule has 0 fully saturated rings. The van der Waals surface area contributed by atoms with Gasteiger partial charge in [0.15, 0.2) is 0 Å². The van der Waals surface area contributed by atoms with E-state index in [0.717, 1.165) is 35.6 Å². The number of aliphatic hydroxyl groups is 1. The molecule has 0 saturated heterocycles. The van der Waals surface area contributed by atoms with Crippen LogP contribution in [0.4, 0.5) is 0 Å². The Morgan fingerprint density at radius 1 is 1.11 bits per heavy atom. The van der Waals surface area contributed by atoms with E-state index in [0.29, 0.717) is 6.54 Å². The zero-order chi connectivity index (χ0) is 13.5. The summed E-state index contributed by atoms with van der Waals surface area (Å²) in [4.78, 5) is 2.09. The van der Waals surface area contributed by atoms with Gasteiger partial charge in [0, 0.05) is 13.1 Å². The molecule has 1 aromatic carbocycles. The van der Waals surface area contributed by atoms with Gasteiger partial charge < -0.3 is 19.5 Å². The fraction of sp³-hybridized carbons (Fsp3) is 0.571. The van der Waals surface area contributed by atoms with Gasteiger partial charge in [-0.05, 0) is 43.7 Å². The van der Waals surface area contributed by atoms with E-state index in [1.807, 2.05) is 26.1 Å². The Morgan fingerprint density at radius 3 is 2.33 bits per heavy atom. The first-order valence-corrected chi connectivity index (χ1v) is 6.13. The number of rotatable bonds is 7. The van der Waals surface area contributed by atoms with Crippen LogP contribution in [0.1, 0.15) is 11.1 Å². The van der Waals surface area contributed by atoms with Gasteiger partial charge in [-0.15, -0.1) is 0 Å². The lowest BCUT2D eigenvalue weighted by molar-refractivity contribution is 0.222. The molecule has 0 amide bonds. The summed E-state index contributed by atoms with van der Waals surface area (Å²) in [5, 5.41) is 8.87. The summed E-state index contributed by atoms with van der Waals surface area (Å²) in [6.07, 6.45) is 0.871. The smallest absolute Gasteiger partial charge is 0.122 e. The van der Waals surface area contributed by atoms with Crippen LogP contribution in [0, 0.1) is 6.92 Å². The molecule has 1 rings (SSSR count). The summed E-state index contributed by atoms with van der Waals surface area (Å²) in [7, 11) is 5.35. The van der Waals surface area contributed by atoms with Gasteiger partial charge in [0.05, 0.1) is 20.8 Å². The molecule has 1 aromatic rings. The lowest BCUT2D eigenvalue weighted by Gasteiger charge is -2.17. The third-order valence-electron chi connectivity index (χ3n) is 3.04. The summed E-state index contributed by atoms with van der Waals surface area (Å²) in [5.74, 6) is 1.78. The molecular formula is C14H23NO3. The molecule has 0 radical (unpaired) electrons. The molecule has 0 bridgehead atoms. The Kier molecular flexibility index (Phi) is 5.95. The average molecular weight is 253 g/mol. The number of nitrogens with zero attached hydrogens (tertiary/aromatic N) is 1. The van der Waals surface area contributed by atoms with Crippen LogP contribution in [0.2, 0.25) is 0 Å². The van der Waals surface area contributed by atoms with Gasteiger partial charge in [0.1, 0.15) is 11.5 Å². The molecule has 0 atom stereocenters. The van der Waals surface area contributed by atoms with Crippen LogP contribution in [0.3, 0.4) is 0 Å². The van der Waals surface area contributed by atoms with Crippen LogP contribution < -0.4 is 9.47 Å². The third-order valence-corrected chi connectivity index (χ3v) is 3.04. The highest BCUT2D eigenvalue weighted by molar-refractivity contribution is 5.46. The molecule has 0 aromatic heterocycles. The quantitative estimate of drug-likeness (QED) is 0.799. The van der Waals surface area contributed by atoms with Crippen LogP contribution >= 0.6 is 0 Å². The molecule has 0 unspecified atom stereocenters. The van der Waals surface area contributed by atoms with Crippen molar-refractivity contribution < 1.29 is 14.6 Å². The van der Waals surface area contributed by atoms with E-state index >= 15 is 0 Å². The van der Waals surface area contributed by atoms with E-state index in [4.69, 9.17) is 14.6 Å². The van der Waals surface area contributed by atoms with E-state index in [9.17, 15) is 0 Å². The summed E-state index contributed by atoms with van der Waals surface area (Å²) >= 11 is 0. The van der Waals surface area contributed by atoms with E-state index in [1.54, 1.807) is 14.2 Å². The van der Waals surface area contributed by atoms with Crippen LogP contribution in [0.15, 0.2) is 12.1 Å². The number of ether oxygens (including phenoxy) is 2. The second-order valence-electron chi connectivity index (χ2n) is 4.41. The molecule has 0 heterocycles. The second-order valence-corrected chi connectivity index (χ2v) is 4.41. The van der Waals surface area contributed by atoms with Gasteiger partial charge in [0.2, 0.25) is 0 Å². The van der Waals surface area contributed by atoms with Gasteiger partial charge in [0.25, 0.3) is 0 Å². The zero-order valence-corrected chi connectivity index (χ0v) is 11.7. The van der Waals surface area contributed by atoms with Crippen molar-refractivity contribution in [2.45, 2.75) is 13.3 Å². The summed E-state index contributed by atoms with van der Waals surface area (Å²) < 4.78 is 10.7. The molecule has 102 valence electrons. The maximum Gasteiger partial charge on any atom is 0.122 e. The lowest BCUT2D eigenvalue weighted by Crippen LogP contribution is -2.24. The molecular weight excluding hydrogens is 230 g/mol. The Bertz CT molecular complexity index is 380. The van der Waals surface area contributed by atoms with E-state index in [1.165, 1.54) is 0 Å². The number of hydrogen-bond donors (Lipinski definition) is 1. The number of aliphatic hydroxyl groups excluding tert-OH is 1. The summed E-state index contributed by atoms with van der Waals surface area (Å²) in [5.41, 5.74) is 2.20. The zero-order valence-electron chi connectivity index (χ0n) is 11.7. The maximum absolute atomic E-state index is 8.87.